The summed E-state index contributed by atoms with van der Waals surface area (Å²) in [5, 5.41) is 19.7. The van der Waals surface area contributed by atoms with E-state index in [4.69, 9.17) is 0 Å². The van der Waals surface area contributed by atoms with E-state index < -0.39 is 0 Å². The molecule has 0 aliphatic carbocycles. The Labute approximate surface area is 135 Å². The molecule has 3 rings (SSSR count). The zero-order valence-electron chi connectivity index (χ0n) is 11.8. The second-order valence-electron chi connectivity index (χ2n) is 4.70. The van der Waals surface area contributed by atoms with Crippen molar-refractivity contribution >= 4 is 23.1 Å². The van der Waals surface area contributed by atoms with Gasteiger partial charge in [0, 0.05) is 16.0 Å². The largest absolute Gasteiger partial charge is 0.508 e. The highest BCUT2D eigenvalue weighted by molar-refractivity contribution is 7.98. The zero-order chi connectivity index (χ0) is 15.5. The van der Waals surface area contributed by atoms with Gasteiger partial charge in [-0.15, -0.1) is 22.0 Å². The molecule has 0 saturated carbocycles. The Morgan fingerprint density at radius 3 is 2.68 bits per heavy atom. The molecule has 0 aliphatic rings. The number of aromatic hydroxyl groups is 1. The van der Waals surface area contributed by atoms with E-state index in [0.717, 1.165) is 26.0 Å². The van der Waals surface area contributed by atoms with Gasteiger partial charge in [0.15, 0.2) is 0 Å². The summed E-state index contributed by atoms with van der Waals surface area (Å²) in [6, 6.07) is 11.7. The van der Waals surface area contributed by atoms with Crippen molar-refractivity contribution in [3.05, 3.63) is 58.9 Å². The summed E-state index contributed by atoms with van der Waals surface area (Å²) < 4.78 is 12.9. The Kier molecular flexibility index (Phi) is 4.40. The second kappa shape index (κ2) is 6.46. The Balaban J connectivity index is 1.72. The highest BCUT2D eigenvalue weighted by Crippen LogP contribution is 2.32. The van der Waals surface area contributed by atoms with E-state index in [1.54, 1.807) is 30.0 Å². The summed E-state index contributed by atoms with van der Waals surface area (Å²) >= 11 is 3.11. The molecule has 0 radical (unpaired) electrons. The van der Waals surface area contributed by atoms with Crippen molar-refractivity contribution in [2.45, 2.75) is 17.6 Å². The minimum atomic E-state index is -0.261. The maximum Gasteiger partial charge on any atom is 0.147 e. The van der Waals surface area contributed by atoms with Crippen LogP contribution in [0.25, 0.3) is 10.6 Å². The van der Waals surface area contributed by atoms with E-state index in [1.165, 1.54) is 23.5 Å². The molecule has 22 heavy (non-hydrogen) atoms. The van der Waals surface area contributed by atoms with Crippen LogP contribution >= 0.6 is 23.1 Å². The number of nitrogens with zero attached hydrogens (tertiary/aromatic N) is 2. The maximum atomic E-state index is 12.9. The first-order chi connectivity index (χ1) is 10.6. The van der Waals surface area contributed by atoms with Crippen LogP contribution < -0.4 is 0 Å². The van der Waals surface area contributed by atoms with E-state index in [-0.39, 0.29) is 5.82 Å². The summed E-state index contributed by atoms with van der Waals surface area (Å²) in [6.07, 6.45) is 0. The molecule has 0 atom stereocenters. The van der Waals surface area contributed by atoms with E-state index in [1.807, 2.05) is 19.1 Å². The Hall–Kier alpha value is -1.92. The average Bonchev–Trinajstić information content (AvgIpc) is 2.98. The van der Waals surface area contributed by atoms with Crippen LogP contribution in [0.2, 0.25) is 0 Å². The van der Waals surface area contributed by atoms with Gasteiger partial charge >= 0.3 is 0 Å². The van der Waals surface area contributed by atoms with Gasteiger partial charge in [-0.05, 0) is 43.3 Å². The van der Waals surface area contributed by atoms with Gasteiger partial charge in [-0.1, -0.05) is 17.4 Å². The van der Waals surface area contributed by atoms with Crippen LogP contribution in [0.4, 0.5) is 4.39 Å². The molecule has 0 fully saturated rings. The van der Waals surface area contributed by atoms with E-state index in [2.05, 4.69) is 10.2 Å². The lowest BCUT2D eigenvalue weighted by Gasteiger charge is -2.05. The molecule has 3 aromatic rings. The van der Waals surface area contributed by atoms with Gasteiger partial charge in [-0.25, -0.2) is 4.39 Å². The van der Waals surface area contributed by atoms with Gasteiger partial charge < -0.3 is 5.11 Å². The molecular weight excluding hydrogens is 319 g/mol. The van der Waals surface area contributed by atoms with Gasteiger partial charge in [0.1, 0.15) is 21.6 Å². The lowest BCUT2D eigenvalue weighted by atomic mass is 10.2. The van der Waals surface area contributed by atoms with Crippen LogP contribution in [0, 0.1) is 12.7 Å². The molecule has 1 aromatic heterocycles. The van der Waals surface area contributed by atoms with Gasteiger partial charge in [-0.2, -0.15) is 0 Å². The molecule has 112 valence electrons. The van der Waals surface area contributed by atoms with Crippen molar-refractivity contribution in [2.75, 3.05) is 0 Å². The Morgan fingerprint density at radius 2 is 1.91 bits per heavy atom. The van der Waals surface area contributed by atoms with Crippen molar-refractivity contribution in [1.29, 1.82) is 0 Å². The monoisotopic (exact) mass is 332 g/mol. The molecule has 6 heteroatoms. The Morgan fingerprint density at radius 1 is 1.14 bits per heavy atom. The molecule has 1 heterocycles. The minimum absolute atomic E-state index is 0.261. The number of benzene rings is 2. The summed E-state index contributed by atoms with van der Waals surface area (Å²) in [5.74, 6) is 0.723. The molecule has 2 aromatic carbocycles. The number of thioether (sulfide) groups is 1. The van der Waals surface area contributed by atoms with Crippen LogP contribution in [0.3, 0.4) is 0 Å². The maximum absolute atomic E-state index is 12.9. The van der Waals surface area contributed by atoms with E-state index in [9.17, 15) is 9.50 Å². The number of phenolic OH excluding ortho intramolecular Hbond substituents is 1. The third kappa shape index (κ3) is 3.28. The summed E-state index contributed by atoms with van der Waals surface area (Å²) in [4.78, 5) is 1.03. The van der Waals surface area contributed by atoms with Crippen molar-refractivity contribution in [3.63, 3.8) is 0 Å². The predicted molar refractivity (Wildman–Crippen MR) is 87.7 cm³/mol. The molecule has 0 bridgehead atoms. The SMILES string of the molecule is Cc1c(O)cccc1SCc1nnc(-c2ccc(F)cc2)s1. The van der Waals surface area contributed by atoms with Gasteiger partial charge in [0.25, 0.3) is 0 Å². The smallest absolute Gasteiger partial charge is 0.147 e. The lowest BCUT2D eigenvalue weighted by molar-refractivity contribution is 0.469. The fourth-order valence-corrected chi connectivity index (χ4v) is 3.81. The number of rotatable bonds is 4. The van der Waals surface area contributed by atoms with Crippen LogP contribution in [-0.2, 0) is 5.75 Å². The molecule has 0 amide bonds. The van der Waals surface area contributed by atoms with Crippen LogP contribution in [-0.4, -0.2) is 15.3 Å². The highest BCUT2D eigenvalue weighted by atomic mass is 32.2. The quantitative estimate of drug-likeness (QED) is 0.706. The molecule has 0 spiro atoms. The third-order valence-corrected chi connectivity index (χ3v) is 5.49. The van der Waals surface area contributed by atoms with Crippen molar-refractivity contribution in [1.82, 2.24) is 10.2 Å². The second-order valence-corrected chi connectivity index (χ2v) is 6.78. The van der Waals surface area contributed by atoms with Crippen molar-refractivity contribution < 1.29 is 9.50 Å². The van der Waals surface area contributed by atoms with Crippen molar-refractivity contribution in [2.24, 2.45) is 0 Å². The first-order valence-corrected chi connectivity index (χ1v) is 8.43. The molecule has 1 N–H and O–H groups in total. The molecule has 0 unspecified atom stereocenters. The average molecular weight is 332 g/mol. The summed E-state index contributed by atoms with van der Waals surface area (Å²) in [7, 11) is 0. The summed E-state index contributed by atoms with van der Waals surface area (Å²) in [5.41, 5.74) is 1.74. The van der Waals surface area contributed by atoms with Gasteiger partial charge in [0.05, 0.1) is 5.75 Å². The third-order valence-electron chi connectivity index (χ3n) is 3.16. The molecule has 0 saturated heterocycles. The number of aromatic nitrogens is 2. The highest BCUT2D eigenvalue weighted by Gasteiger charge is 2.09. The van der Waals surface area contributed by atoms with Crippen LogP contribution in [0.15, 0.2) is 47.4 Å². The lowest BCUT2D eigenvalue weighted by Crippen LogP contribution is -1.83. The van der Waals surface area contributed by atoms with E-state index >= 15 is 0 Å². The normalized spacial score (nSPS) is 10.8. The van der Waals surface area contributed by atoms with E-state index in [0.29, 0.717) is 11.5 Å². The number of halogens is 1. The first-order valence-electron chi connectivity index (χ1n) is 6.63. The van der Waals surface area contributed by atoms with Gasteiger partial charge in [-0.3, -0.25) is 0 Å². The van der Waals surface area contributed by atoms with Crippen LogP contribution in [0.1, 0.15) is 10.6 Å². The predicted octanol–water partition coefficient (Wildman–Crippen LogP) is 4.65. The minimum Gasteiger partial charge on any atom is -0.508 e. The van der Waals surface area contributed by atoms with Crippen molar-refractivity contribution in [3.8, 4) is 16.3 Å². The molecular formula is C16H13FN2OS2. The first kappa shape index (κ1) is 15.0. The summed E-state index contributed by atoms with van der Waals surface area (Å²) in [6.45, 7) is 1.89. The standard InChI is InChI=1S/C16H13FN2OS2/c1-10-13(20)3-2-4-14(10)21-9-15-18-19-16(22-15)11-5-7-12(17)8-6-11/h2-8,20H,9H2,1H3. The van der Waals surface area contributed by atoms with Crippen LogP contribution in [0.5, 0.6) is 5.75 Å². The number of hydrogen-bond acceptors (Lipinski definition) is 5. The van der Waals surface area contributed by atoms with Gasteiger partial charge in [0.2, 0.25) is 0 Å². The zero-order valence-corrected chi connectivity index (χ0v) is 13.4. The Bertz CT molecular complexity index is 787. The fraction of sp³-hybridized carbons (Fsp3) is 0.125. The molecule has 3 nitrogen and oxygen atoms in total. The number of phenols is 1. The molecule has 0 aliphatic heterocycles. The number of hydrogen-bond donors (Lipinski definition) is 1. The fourth-order valence-electron chi connectivity index (χ4n) is 1.92. The topological polar surface area (TPSA) is 46.0 Å².